The third kappa shape index (κ3) is 5.07. The van der Waals surface area contributed by atoms with Gasteiger partial charge in [-0.2, -0.15) is 10.2 Å². The number of quaternary nitrogens is 1. The summed E-state index contributed by atoms with van der Waals surface area (Å²) in [5.41, 5.74) is 7.11. The van der Waals surface area contributed by atoms with E-state index < -0.39 is 0 Å². The molecule has 1 rings (SSSR count). The molecule has 4 N–H and O–H groups in total. The number of allylic oxidation sites excluding steroid dienone is 2. The van der Waals surface area contributed by atoms with Crippen LogP contribution in [0.2, 0.25) is 0 Å². The van der Waals surface area contributed by atoms with Crippen LogP contribution < -0.4 is 11.1 Å². The van der Waals surface area contributed by atoms with E-state index in [0.29, 0.717) is 6.54 Å². The number of benzene rings is 1. The van der Waals surface area contributed by atoms with Gasteiger partial charge in [-0.1, -0.05) is 12.2 Å². The lowest BCUT2D eigenvalue weighted by Gasteiger charge is -1.92. The average molecular weight is 217 g/mol. The lowest BCUT2D eigenvalue weighted by atomic mass is 10.3. The summed E-state index contributed by atoms with van der Waals surface area (Å²) < 4.78 is 0. The first-order valence-electron chi connectivity index (χ1n) is 5.17. The predicted molar refractivity (Wildman–Crippen MR) is 66.4 cm³/mol. The molecule has 0 bridgehead atoms. The van der Waals surface area contributed by atoms with E-state index in [4.69, 9.17) is 5.73 Å². The van der Waals surface area contributed by atoms with Crippen LogP contribution in [-0.2, 0) is 0 Å². The number of nitrogens with two attached hydrogens (primary N) is 2. The monoisotopic (exact) mass is 217 g/mol. The molecule has 0 amide bonds. The number of nitrogen functional groups attached to an aromatic ring is 1. The molecule has 4 heteroatoms. The van der Waals surface area contributed by atoms with Gasteiger partial charge in [-0.3, -0.25) is 0 Å². The molecule has 0 saturated carbocycles. The highest BCUT2D eigenvalue weighted by Gasteiger charge is 1.86. The predicted octanol–water partition coefficient (Wildman–Crippen LogP) is 1.62. The highest BCUT2D eigenvalue weighted by Crippen LogP contribution is 2.13. The molecule has 0 aliphatic heterocycles. The molecule has 0 spiro atoms. The van der Waals surface area contributed by atoms with Crippen molar-refractivity contribution in [3.8, 4) is 0 Å². The molecule has 4 nitrogen and oxygen atoms in total. The fourth-order valence-corrected chi connectivity index (χ4v) is 1.03. The van der Waals surface area contributed by atoms with E-state index in [1.54, 1.807) is 0 Å². The number of rotatable bonds is 5. The molecule has 1 aromatic rings. The summed E-state index contributed by atoms with van der Waals surface area (Å²) in [6.07, 6.45) is 7.81. The number of azo groups is 1. The molecule has 0 aliphatic carbocycles. The molecule has 0 saturated heterocycles. The third-order valence-electron chi connectivity index (χ3n) is 1.82. The summed E-state index contributed by atoms with van der Waals surface area (Å²) in [5.74, 6) is 0. The van der Waals surface area contributed by atoms with E-state index in [2.05, 4.69) is 10.2 Å². The summed E-state index contributed by atoms with van der Waals surface area (Å²) in [6.45, 7) is 0.582. The number of hydrogen-bond acceptors (Lipinski definition) is 3. The van der Waals surface area contributed by atoms with Gasteiger partial charge in [-0.05, 0) is 30.3 Å². The van der Waals surface area contributed by atoms with Crippen LogP contribution in [0.15, 0.2) is 58.9 Å². The smallest absolute Gasteiger partial charge is 0.0923 e. The van der Waals surface area contributed by atoms with Gasteiger partial charge in [-0.15, -0.1) is 0 Å². The quantitative estimate of drug-likeness (QED) is 0.439. The SMILES string of the molecule is C[NH2+]/C=C\C=C/CN=Nc1ccc(N)cc1. The summed E-state index contributed by atoms with van der Waals surface area (Å²) >= 11 is 0. The van der Waals surface area contributed by atoms with Gasteiger partial charge in [0.15, 0.2) is 0 Å². The third-order valence-corrected chi connectivity index (χ3v) is 1.82. The van der Waals surface area contributed by atoms with Crippen LogP contribution in [0.1, 0.15) is 0 Å². The van der Waals surface area contributed by atoms with Crippen molar-refractivity contribution in [3.63, 3.8) is 0 Å². The normalized spacial score (nSPS) is 12.1. The van der Waals surface area contributed by atoms with Crippen LogP contribution in [-0.4, -0.2) is 13.6 Å². The van der Waals surface area contributed by atoms with Crippen molar-refractivity contribution >= 4 is 11.4 Å². The van der Waals surface area contributed by atoms with Crippen molar-refractivity contribution in [2.75, 3.05) is 19.3 Å². The molecule has 0 aromatic heterocycles. The maximum atomic E-state index is 5.56. The van der Waals surface area contributed by atoms with Crippen LogP contribution in [0, 0.1) is 0 Å². The Labute approximate surface area is 95.6 Å². The summed E-state index contributed by atoms with van der Waals surface area (Å²) in [6, 6.07) is 7.30. The zero-order chi connectivity index (χ0) is 11.6. The van der Waals surface area contributed by atoms with Gasteiger partial charge in [0.2, 0.25) is 0 Å². The van der Waals surface area contributed by atoms with E-state index in [9.17, 15) is 0 Å². The first-order valence-corrected chi connectivity index (χ1v) is 5.17. The highest BCUT2D eigenvalue weighted by molar-refractivity contribution is 5.47. The van der Waals surface area contributed by atoms with Crippen molar-refractivity contribution in [2.24, 2.45) is 10.2 Å². The van der Waals surface area contributed by atoms with Crippen molar-refractivity contribution in [2.45, 2.75) is 0 Å². The summed E-state index contributed by atoms with van der Waals surface area (Å²) in [4.78, 5) is 0. The van der Waals surface area contributed by atoms with E-state index in [1.165, 1.54) is 0 Å². The van der Waals surface area contributed by atoms with Gasteiger partial charge < -0.3 is 11.1 Å². The highest BCUT2D eigenvalue weighted by atomic mass is 15.1. The summed E-state index contributed by atoms with van der Waals surface area (Å²) in [5, 5.41) is 10.0. The lowest BCUT2D eigenvalue weighted by Crippen LogP contribution is -2.72. The van der Waals surface area contributed by atoms with Crippen LogP contribution in [0.25, 0.3) is 0 Å². The maximum Gasteiger partial charge on any atom is 0.0923 e. The van der Waals surface area contributed by atoms with Crippen molar-refractivity contribution in [1.29, 1.82) is 0 Å². The van der Waals surface area contributed by atoms with E-state index in [-0.39, 0.29) is 0 Å². The number of anilines is 1. The Hall–Kier alpha value is -1.94. The van der Waals surface area contributed by atoms with Crippen LogP contribution in [0.3, 0.4) is 0 Å². The Morgan fingerprint density at radius 2 is 2.00 bits per heavy atom. The topological polar surface area (TPSA) is 67.3 Å². The molecule has 16 heavy (non-hydrogen) atoms. The van der Waals surface area contributed by atoms with Crippen molar-refractivity contribution < 1.29 is 5.32 Å². The first-order chi connectivity index (χ1) is 7.83. The molecule has 0 heterocycles. The Morgan fingerprint density at radius 1 is 1.25 bits per heavy atom. The van der Waals surface area contributed by atoms with Gasteiger partial charge >= 0.3 is 0 Å². The Morgan fingerprint density at radius 3 is 2.69 bits per heavy atom. The second-order valence-electron chi connectivity index (χ2n) is 3.16. The maximum absolute atomic E-state index is 5.56. The Kier molecular flexibility index (Phi) is 5.58. The Bertz CT molecular complexity index is 377. The number of nitrogens with zero attached hydrogens (tertiary/aromatic N) is 2. The van der Waals surface area contributed by atoms with E-state index >= 15 is 0 Å². The minimum atomic E-state index is 0.582. The molecule has 0 radical (unpaired) electrons. The molecule has 0 atom stereocenters. The fraction of sp³-hybridized carbons (Fsp3) is 0.167. The zero-order valence-electron chi connectivity index (χ0n) is 9.38. The van der Waals surface area contributed by atoms with Crippen LogP contribution >= 0.6 is 0 Å². The fourth-order valence-electron chi connectivity index (χ4n) is 1.03. The molecule has 0 unspecified atom stereocenters. The van der Waals surface area contributed by atoms with Crippen LogP contribution in [0.5, 0.6) is 0 Å². The molecule has 0 fully saturated rings. The van der Waals surface area contributed by atoms with Gasteiger partial charge in [0.1, 0.15) is 0 Å². The average Bonchev–Trinajstić information content (AvgIpc) is 2.30. The Balaban J connectivity index is 2.34. The van der Waals surface area contributed by atoms with Crippen molar-refractivity contribution in [3.05, 3.63) is 48.7 Å². The molecular weight excluding hydrogens is 200 g/mol. The van der Waals surface area contributed by atoms with Gasteiger partial charge in [0.05, 0.1) is 25.5 Å². The second kappa shape index (κ2) is 7.36. The second-order valence-corrected chi connectivity index (χ2v) is 3.16. The van der Waals surface area contributed by atoms with Gasteiger partial charge in [0.25, 0.3) is 0 Å². The number of hydrogen-bond donors (Lipinski definition) is 2. The van der Waals surface area contributed by atoms with E-state index in [1.807, 2.05) is 61.1 Å². The largest absolute Gasteiger partial charge is 0.399 e. The van der Waals surface area contributed by atoms with Crippen molar-refractivity contribution in [1.82, 2.24) is 0 Å². The first kappa shape index (κ1) is 12.1. The minimum Gasteiger partial charge on any atom is -0.399 e. The van der Waals surface area contributed by atoms with Crippen LogP contribution in [0.4, 0.5) is 11.4 Å². The van der Waals surface area contributed by atoms with Gasteiger partial charge in [0, 0.05) is 5.69 Å². The van der Waals surface area contributed by atoms with Gasteiger partial charge in [-0.25, -0.2) is 0 Å². The summed E-state index contributed by atoms with van der Waals surface area (Å²) in [7, 11) is 1.98. The lowest BCUT2D eigenvalue weighted by molar-refractivity contribution is -0.556. The molecule has 0 aliphatic rings. The molecule has 1 aromatic carbocycles. The standard InChI is InChI=1S/C12H16N4/c1-14-9-3-2-4-10-15-16-12-7-5-11(13)6-8-12/h2-9,14H,10,13H2,1H3/p+1/b4-2-,9-3-,16-15?. The minimum absolute atomic E-state index is 0.582. The molecule has 84 valence electrons. The molecular formula is C12H17N4+. The van der Waals surface area contributed by atoms with E-state index in [0.717, 1.165) is 11.4 Å². The zero-order valence-corrected chi connectivity index (χ0v) is 9.38.